The van der Waals surface area contributed by atoms with Gasteiger partial charge in [-0.25, -0.2) is 4.98 Å². The molecular formula is C22H18N2OS. The van der Waals surface area contributed by atoms with Crippen molar-refractivity contribution in [1.82, 2.24) is 4.98 Å². The van der Waals surface area contributed by atoms with E-state index in [1.54, 1.807) is 11.3 Å². The maximum absolute atomic E-state index is 12.1. The third-order valence-electron chi connectivity index (χ3n) is 4.19. The Labute approximate surface area is 156 Å². The predicted octanol–water partition coefficient (Wildman–Crippen LogP) is 5.53. The number of benzene rings is 3. The highest BCUT2D eigenvalue weighted by Gasteiger charge is 2.07. The quantitative estimate of drug-likeness (QED) is 0.509. The van der Waals surface area contributed by atoms with Gasteiger partial charge in [-0.2, -0.15) is 0 Å². The Morgan fingerprint density at radius 3 is 2.38 bits per heavy atom. The standard InChI is InChI=1S/C22H18N2OS/c25-21(15-10-16-6-2-1-3-7-16)23-18-13-11-17(12-14-18)22-24-19-8-4-5-9-20(19)26-22/h1-9,11-14H,10,15H2,(H,23,25). The lowest BCUT2D eigenvalue weighted by Crippen LogP contribution is -2.12. The van der Waals surface area contributed by atoms with Crippen LogP contribution in [0.25, 0.3) is 20.8 Å². The van der Waals surface area contributed by atoms with E-state index in [0.29, 0.717) is 6.42 Å². The van der Waals surface area contributed by atoms with E-state index in [4.69, 9.17) is 0 Å². The average molecular weight is 358 g/mol. The molecule has 0 saturated heterocycles. The molecule has 1 N–H and O–H groups in total. The summed E-state index contributed by atoms with van der Waals surface area (Å²) in [5, 5.41) is 3.96. The summed E-state index contributed by atoms with van der Waals surface area (Å²) < 4.78 is 1.18. The lowest BCUT2D eigenvalue weighted by atomic mass is 10.1. The van der Waals surface area contributed by atoms with Crippen molar-refractivity contribution in [2.45, 2.75) is 12.8 Å². The Balaban J connectivity index is 1.40. The fourth-order valence-corrected chi connectivity index (χ4v) is 3.79. The molecule has 0 aliphatic rings. The molecular weight excluding hydrogens is 340 g/mol. The first kappa shape index (κ1) is 16.5. The zero-order valence-electron chi connectivity index (χ0n) is 14.2. The van der Waals surface area contributed by atoms with Gasteiger partial charge in [0.2, 0.25) is 5.91 Å². The van der Waals surface area contributed by atoms with Gasteiger partial charge >= 0.3 is 0 Å². The molecule has 26 heavy (non-hydrogen) atoms. The number of aromatic nitrogens is 1. The molecule has 0 aliphatic heterocycles. The summed E-state index contributed by atoms with van der Waals surface area (Å²) >= 11 is 1.68. The molecule has 128 valence electrons. The van der Waals surface area contributed by atoms with Gasteiger partial charge in [-0.15, -0.1) is 11.3 Å². The number of rotatable bonds is 5. The number of carbonyl (C=O) groups excluding carboxylic acids is 1. The van der Waals surface area contributed by atoms with E-state index in [-0.39, 0.29) is 5.91 Å². The molecule has 3 aromatic carbocycles. The second kappa shape index (κ2) is 7.50. The topological polar surface area (TPSA) is 42.0 Å². The minimum Gasteiger partial charge on any atom is -0.326 e. The molecule has 0 atom stereocenters. The number of hydrogen-bond donors (Lipinski definition) is 1. The molecule has 4 heteroatoms. The Hall–Kier alpha value is -2.98. The number of aryl methyl sites for hydroxylation is 1. The molecule has 0 radical (unpaired) electrons. The van der Waals surface area contributed by atoms with Crippen molar-refractivity contribution in [3.8, 4) is 10.6 Å². The molecule has 4 aromatic rings. The highest BCUT2D eigenvalue weighted by molar-refractivity contribution is 7.21. The van der Waals surface area contributed by atoms with Crippen LogP contribution in [0.4, 0.5) is 5.69 Å². The summed E-state index contributed by atoms with van der Waals surface area (Å²) in [6.45, 7) is 0. The number of fused-ring (bicyclic) bond motifs is 1. The van der Waals surface area contributed by atoms with Crippen LogP contribution in [0.1, 0.15) is 12.0 Å². The molecule has 1 amide bonds. The van der Waals surface area contributed by atoms with E-state index in [1.807, 2.05) is 72.8 Å². The Morgan fingerprint density at radius 1 is 0.885 bits per heavy atom. The van der Waals surface area contributed by atoms with Gasteiger partial charge in [0.05, 0.1) is 10.2 Å². The fraction of sp³-hybridized carbons (Fsp3) is 0.0909. The molecule has 0 fully saturated rings. The number of nitrogens with zero attached hydrogens (tertiary/aromatic N) is 1. The molecule has 0 saturated carbocycles. The SMILES string of the molecule is O=C(CCc1ccccc1)Nc1ccc(-c2nc3ccccc3s2)cc1. The van der Waals surface area contributed by atoms with Crippen LogP contribution < -0.4 is 5.32 Å². The molecule has 3 nitrogen and oxygen atoms in total. The van der Waals surface area contributed by atoms with Crippen molar-refractivity contribution >= 4 is 33.1 Å². The smallest absolute Gasteiger partial charge is 0.224 e. The largest absolute Gasteiger partial charge is 0.326 e. The van der Waals surface area contributed by atoms with E-state index >= 15 is 0 Å². The predicted molar refractivity (Wildman–Crippen MR) is 108 cm³/mol. The van der Waals surface area contributed by atoms with E-state index in [9.17, 15) is 4.79 Å². The van der Waals surface area contributed by atoms with Crippen molar-refractivity contribution in [3.63, 3.8) is 0 Å². The summed E-state index contributed by atoms with van der Waals surface area (Å²) in [7, 11) is 0. The summed E-state index contributed by atoms with van der Waals surface area (Å²) in [6, 6.07) is 26.1. The monoisotopic (exact) mass is 358 g/mol. The number of carbonyl (C=O) groups is 1. The zero-order valence-corrected chi connectivity index (χ0v) is 15.0. The molecule has 0 bridgehead atoms. The fourth-order valence-electron chi connectivity index (χ4n) is 2.82. The van der Waals surface area contributed by atoms with Gasteiger partial charge in [-0.05, 0) is 48.4 Å². The molecule has 0 aliphatic carbocycles. The number of para-hydroxylation sites is 1. The van der Waals surface area contributed by atoms with Crippen molar-refractivity contribution in [2.75, 3.05) is 5.32 Å². The zero-order chi connectivity index (χ0) is 17.8. The lowest BCUT2D eigenvalue weighted by Gasteiger charge is -2.06. The van der Waals surface area contributed by atoms with Gasteiger partial charge < -0.3 is 5.32 Å². The van der Waals surface area contributed by atoms with Gasteiger partial charge in [0.25, 0.3) is 0 Å². The van der Waals surface area contributed by atoms with Gasteiger partial charge in [0, 0.05) is 17.7 Å². The van der Waals surface area contributed by atoms with Gasteiger partial charge in [-0.3, -0.25) is 4.79 Å². The molecule has 0 unspecified atom stereocenters. The summed E-state index contributed by atoms with van der Waals surface area (Å²) in [6.07, 6.45) is 1.22. The summed E-state index contributed by atoms with van der Waals surface area (Å²) in [5.41, 5.74) is 4.07. The Bertz CT molecular complexity index is 990. The Kier molecular flexibility index (Phi) is 4.75. The highest BCUT2D eigenvalue weighted by Crippen LogP contribution is 2.30. The van der Waals surface area contributed by atoms with Crippen molar-refractivity contribution < 1.29 is 4.79 Å². The maximum atomic E-state index is 12.1. The first-order chi connectivity index (χ1) is 12.8. The van der Waals surface area contributed by atoms with Crippen LogP contribution in [0.3, 0.4) is 0 Å². The molecule has 1 heterocycles. The van der Waals surface area contributed by atoms with Gasteiger partial charge in [0.15, 0.2) is 0 Å². The first-order valence-corrected chi connectivity index (χ1v) is 9.39. The number of amides is 1. The van der Waals surface area contributed by atoms with Crippen LogP contribution in [0.5, 0.6) is 0 Å². The maximum Gasteiger partial charge on any atom is 0.224 e. The van der Waals surface area contributed by atoms with Crippen LogP contribution in [-0.4, -0.2) is 10.9 Å². The van der Waals surface area contributed by atoms with Crippen LogP contribution in [-0.2, 0) is 11.2 Å². The van der Waals surface area contributed by atoms with Crippen LogP contribution in [0.15, 0.2) is 78.9 Å². The van der Waals surface area contributed by atoms with E-state index < -0.39 is 0 Å². The molecule has 1 aromatic heterocycles. The van der Waals surface area contributed by atoms with Crippen LogP contribution >= 0.6 is 11.3 Å². The molecule has 4 rings (SSSR count). The number of nitrogens with one attached hydrogen (secondary N) is 1. The summed E-state index contributed by atoms with van der Waals surface area (Å²) in [5.74, 6) is 0.0293. The van der Waals surface area contributed by atoms with Crippen molar-refractivity contribution in [2.24, 2.45) is 0 Å². The number of anilines is 1. The normalized spacial score (nSPS) is 10.8. The van der Waals surface area contributed by atoms with Crippen molar-refractivity contribution in [1.29, 1.82) is 0 Å². The first-order valence-electron chi connectivity index (χ1n) is 8.58. The number of hydrogen-bond acceptors (Lipinski definition) is 3. The van der Waals surface area contributed by atoms with Gasteiger partial charge in [0.1, 0.15) is 5.01 Å². The third kappa shape index (κ3) is 3.81. The second-order valence-electron chi connectivity index (χ2n) is 6.10. The molecule has 0 spiro atoms. The Morgan fingerprint density at radius 2 is 1.62 bits per heavy atom. The van der Waals surface area contributed by atoms with Gasteiger partial charge in [-0.1, -0.05) is 42.5 Å². The van der Waals surface area contributed by atoms with E-state index in [2.05, 4.69) is 16.4 Å². The van der Waals surface area contributed by atoms with E-state index in [1.165, 1.54) is 10.3 Å². The van der Waals surface area contributed by atoms with Crippen LogP contribution in [0.2, 0.25) is 0 Å². The van der Waals surface area contributed by atoms with Crippen molar-refractivity contribution in [3.05, 3.63) is 84.4 Å². The average Bonchev–Trinajstić information content (AvgIpc) is 3.12. The van der Waals surface area contributed by atoms with E-state index in [0.717, 1.165) is 28.2 Å². The summed E-state index contributed by atoms with van der Waals surface area (Å²) in [4.78, 5) is 16.8. The number of thiazole rings is 1. The highest BCUT2D eigenvalue weighted by atomic mass is 32.1. The third-order valence-corrected chi connectivity index (χ3v) is 5.28. The lowest BCUT2D eigenvalue weighted by molar-refractivity contribution is -0.116. The minimum atomic E-state index is 0.0293. The van der Waals surface area contributed by atoms with Crippen LogP contribution in [0, 0.1) is 0 Å². The minimum absolute atomic E-state index is 0.0293. The second-order valence-corrected chi connectivity index (χ2v) is 7.13.